The summed E-state index contributed by atoms with van der Waals surface area (Å²) in [6, 6.07) is 5.92. The third kappa shape index (κ3) is 2.96. The maximum atomic E-state index is 11.3. The number of carbonyl (C=O) groups excluding carboxylic acids is 1. The Morgan fingerprint density at radius 3 is 2.85 bits per heavy atom. The van der Waals surface area contributed by atoms with E-state index in [1.54, 1.807) is 4.90 Å². The maximum Gasteiger partial charge on any atom is 0.210 e. The molecule has 0 aromatic heterocycles. The molecule has 2 rings (SSSR count). The van der Waals surface area contributed by atoms with Crippen LogP contribution in [0.5, 0.6) is 5.75 Å². The average molecular weight is 277 g/mol. The first-order chi connectivity index (χ1) is 9.50. The monoisotopic (exact) mass is 277 g/mol. The van der Waals surface area contributed by atoms with Crippen molar-refractivity contribution in [3.05, 3.63) is 29.3 Å². The normalized spacial score (nSPS) is 17.2. The molecule has 1 aliphatic rings. The van der Waals surface area contributed by atoms with Crippen LogP contribution < -0.4 is 4.74 Å². The summed E-state index contributed by atoms with van der Waals surface area (Å²) in [5.74, 6) is 0.900. The van der Waals surface area contributed by atoms with Gasteiger partial charge in [0.05, 0.1) is 12.6 Å². The summed E-state index contributed by atoms with van der Waals surface area (Å²) in [5, 5.41) is 9.35. The van der Waals surface area contributed by atoms with Gasteiger partial charge in [-0.3, -0.25) is 4.79 Å². The second-order valence-electron chi connectivity index (χ2n) is 5.97. The Balaban J connectivity index is 2.23. The van der Waals surface area contributed by atoms with Gasteiger partial charge in [-0.15, -0.1) is 0 Å². The number of rotatable bonds is 6. The minimum Gasteiger partial charge on any atom is -0.487 e. The molecule has 0 saturated heterocycles. The van der Waals surface area contributed by atoms with Crippen LogP contribution in [0.1, 0.15) is 38.3 Å². The number of hydrogen-bond acceptors (Lipinski definition) is 3. The topological polar surface area (TPSA) is 49.8 Å². The first-order valence-electron chi connectivity index (χ1n) is 7.12. The summed E-state index contributed by atoms with van der Waals surface area (Å²) in [6.45, 7) is 6.55. The lowest BCUT2D eigenvalue weighted by Crippen LogP contribution is -2.36. The van der Waals surface area contributed by atoms with E-state index in [4.69, 9.17) is 4.74 Å². The van der Waals surface area contributed by atoms with Gasteiger partial charge in [0.1, 0.15) is 11.4 Å². The quantitative estimate of drug-likeness (QED) is 0.810. The molecule has 0 saturated carbocycles. The van der Waals surface area contributed by atoms with Crippen molar-refractivity contribution in [1.29, 1.82) is 0 Å². The van der Waals surface area contributed by atoms with Crippen molar-refractivity contribution in [3.8, 4) is 5.75 Å². The molecule has 0 spiro atoms. The molecule has 110 valence electrons. The lowest BCUT2D eigenvalue weighted by Gasteiger charge is -2.27. The predicted molar refractivity (Wildman–Crippen MR) is 77.6 cm³/mol. The molecule has 1 unspecified atom stereocenters. The first-order valence-corrected chi connectivity index (χ1v) is 7.12. The Morgan fingerprint density at radius 2 is 2.25 bits per heavy atom. The summed E-state index contributed by atoms with van der Waals surface area (Å²) < 4.78 is 6.01. The molecule has 0 radical (unpaired) electrons. The van der Waals surface area contributed by atoms with Crippen LogP contribution in [0.15, 0.2) is 18.2 Å². The van der Waals surface area contributed by atoms with Gasteiger partial charge in [0, 0.05) is 18.5 Å². The summed E-state index contributed by atoms with van der Waals surface area (Å²) in [7, 11) is 0. The summed E-state index contributed by atoms with van der Waals surface area (Å²) in [5.41, 5.74) is 2.01. The van der Waals surface area contributed by atoms with E-state index in [0.29, 0.717) is 6.54 Å². The van der Waals surface area contributed by atoms with E-state index in [1.807, 2.05) is 19.1 Å². The van der Waals surface area contributed by atoms with Gasteiger partial charge in [0.25, 0.3) is 0 Å². The molecule has 1 aromatic rings. The number of para-hydroxylation sites is 1. The Hall–Kier alpha value is -1.55. The van der Waals surface area contributed by atoms with E-state index in [0.717, 1.165) is 30.6 Å². The summed E-state index contributed by atoms with van der Waals surface area (Å²) in [4.78, 5) is 12.9. The van der Waals surface area contributed by atoms with Crippen molar-refractivity contribution < 1.29 is 14.6 Å². The number of carbonyl (C=O) groups is 1. The van der Waals surface area contributed by atoms with E-state index < -0.39 is 0 Å². The van der Waals surface area contributed by atoms with Gasteiger partial charge >= 0.3 is 0 Å². The highest BCUT2D eigenvalue weighted by Gasteiger charge is 2.32. The molecule has 4 nitrogen and oxygen atoms in total. The van der Waals surface area contributed by atoms with Crippen LogP contribution in [0.3, 0.4) is 0 Å². The van der Waals surface area contributed by atoms with Crippen molar-refractivity contribution in [2.45, 2.75) is 51.8 Å². The van der Waals surface area contributed by atoms with Crippen LogP contribution in [0.2, 0.25) is 0 Å². The number of amides is 1. The standard InChI is InChI=1S/C16H23NO3/c1-4-14(10-18)17(11-19)9-13-7-5-6-12-8-16(2,3)20-15(12)13/h5-7,11,14,18H,4,8-10H2,1-3H3. The molecule has 1 atom stereocenters. The molecule has 20 heavy (non-hydrogen) atoms. The van der Waals surface area contributed by atoms with Gasteiger partial charge in [0.15, 0.2) is 0 Å². The zero-order valence-electron chi connectivity index (χ0n) is 12.4. The molecule has 1 aromatic carbocycles. The van der Waals surface area contributed by atoms with E-state index in [-0.39, 0.29) is 18.2 Å². The fourth-order valence-electron chi connectivity index (χ4n) is 2.72. The van der Waals surface area contributed by atoms with Gasteiger partial charge in [0.2, 0.25) is 6.41 Å². The highest BCUT2D eigenvalue weighted by molar-refractivity contribution is 5.51. The minimum atomic E-state index is -0.189. The van der Waals surface area contributed by atoms with E-state index in [1.165, 1.54) is 5.56 Å². The third-order valence-electron chi connectivity index (χ3n) is 3.81. The van der Waals surface area contributed by atoms with Crippen molar-refractivity contribution in [2.75, 3.05) is 6.61 Å². The Labute approximate surface area is 120 Å². The number of nitrogens with zero attached hydrogens (tertiary/aromatic N) is 1. The van der Waals surface area contributed by atoms with Gasteiger partial charge < -0.3 is 14.7 Å². The molecule has 1 amide bonds. The number of ether oxygens (including phenoxy) is 1. The Kier molecular flexibility index (Phi) is 4.33. The largest absolute Gasteiger partial charge is 0.487 e. The smallest absolute Gasteiger partial charge is 0.210 e. The highest BCUT2D eigenvalue weighted by Crippen LogP contribution is 2.38. The number of aliphatic hydroxyl groups excluding tert-OH is 1. The average Bonchev–Trinajstić information content (AvgIpc) is 2.73. The Bertz CT molecular complexity index is 481. The second kappa shape index (κ2) is 5.83. The third-order valence-corrected chi connectivity index (χ3v) is 3.81. The van der Waals surface area contributed by atoms with Crippen LogP contribution in [0.4, 0.5) is 0 Å². The van der Waals surface area contributed by atoms with Gasteiger partial charge in [-0.2, -0.15) is 0 Å². The van der Waals surface area contributed by atoms with Crippen molar-refractivity contribution in [3.63, 3.8) is 0 Å². The number of benzene rings is 1. The minimum absolute atomic E-state index is 0.0172. The molecule has 1 N–H and O–H groups in total. The van der Waals surface area contributed by atoms with E-state index >= 15 is 0 Å². The van der Waals surface area contributed by atoms with E-state index in [2.05, 4.69) is 19.9 Å². The van der Waals surface area contributed by atoms with Crippen LogP contribution in [-0.4, -0.2) is 34.7 Å². The van der Waals surface area contributed by atoms with Crippen LogP contribution in [0.25, 0.3) is 0 Å². The van der Waals surface area contributed by atoms with Crippen LogP contribution in [-0.2, 0) is 17.8 Å². The molecule has 0 fully saturated rings. The first kappa shape index (κ1) is 14.9. The zero-order chi connectivity index (χ0) is 14.8. The summed E-state index contributed by atoms with van der Waals surface area (Å²) >= 11 is 0. The van der Waals surface area contributed by atoms with Crippen LogP contribution >= 0.6 is 0 Å². The van der Waals surface area contributed by atoms with E-state index in [9.17, 15) is 9.90 Å². The van der Waals surface area contributed by atoms with Gasteiger partial charge in [-0.05, 0) is 25.8 Å². The highest BCUT2D eigenvalue weighted by atomic mass is 16.5. The predicted octanol–water partition coefficient (Wildman–Crippen LogP) is 2.13. The van der Waals surface area contributed by atoms with Gasteiger partial charge in [-0.1, -0.05) is 25.1 Å². The lowest BCUT2D eigenvalue weighted by atomic mass is 10.0. The fraction of sp³-hybridized carbons (Fsp3) is 0.562. The molecule has 0 aliphatic carbocycles. The molecule has 0 bridgehead atoms. The zero-order valence-corrected chi connectivity index (χ0v) is 12.4. The Morgan fingerprint density at radius 1 is 1.50 bits per heavy atom. The molecular formula is C16H23NO3. The number of hydrogen-bond donors (Lipinski definition) is 1. The SMILES string of the molecule is CCC(CO)N(C=O)Cc1cccc2c1OC(C)(C)C2. The maximum absolute atomic E-state index is 11.3. The fourth-order valence-corrected chi connectivity index (χ4v) is 2.72. The molecular weight excluding hydrogens is 254 g/mol. The molecule has 1 aliphatic heterocycles. The molecule has 1 heterocycles. The van der Waals surface area contributed by atoms with Crippen molar-refractivity contribution >= 4 is 6.41 Å². The van der Waals surface area contributed by atoms with Crippen LogP contribution in [0, 0.1) is 0 Å². The lowest BCUT2D eigenvalue weighted by molar-refractivity contribution is -0.121. The number of aliphatic hydroxyl groups is 1. The summed E-state index contributed by atoms with van der Waals surface area (Å²) in [6.07, 6.45) is 2.43. The van der Waals surface area contributed by atoms with Crippen molar-refractivity contribution in [2.24, 2.45) is 0 Å². The second-order valence-corrected chi connectivity index (χ2v) is 5.97. The molecule has 4 heteroatoms. The number of fused-ring (bicyclic) bond motifs is 1. The van der Waals surface area contributed by atoms with Gasteiger partial charge in [-0.25, -0.2) is 0 Å². The van der Waals surface area contributed by atoms with Crippen molar-refractivity contribution in [1.82, 2.24) is 4.90 Å².